The summed E-state index contributed by atoms with van der Waals surface area (Å²) in [4.78, 5) is 39.0. The standard InChI is InChI=1S/2C5H7O2.Y/c2*1-5(7)3-2-4-6;/h2*3-4H,2H2,1H3;/q2*-1;. The molecule has 0 unspecified atom stereocenters. The topological polar surface area (TPSA) is 68.3 Å². The van der Waals surface area contributed by atoms with Crippen LogP contribution in [0.5, 0.6) is 0 Å². The second-order valence-corrected chi connectivity index (χ2v) is 2.43. The molecule has 0 heterocycles. The number of hydrogen-bond acceptors (Lipinski definition) is 4. The molecule has 0 aliphatic rings. The van der Waals surface area contributed by atoms with E-state index >= 15 is 0 Å². The Morgan fingerprint density at radius 3 is 1.27 bits per heavy atom. The Kier molecular flexibility index (Phi) is 21.3. The van der Waals surface area contributed by atoms with Gasteiger partial charge in [-0.05, 0) is 25.4 Å². The minimum atomic E-state index is -0.0490. The van der Waals surface area contributed by atoms with Crippen LogP contribution in [-0.2, 0) is 51.9 Å². The first-order valence-corrected chi connectivity index (χ1v) is 4.09. The Hall–Kier alpha value is -0.476. The van der Waals surface area contributed by atoms with E-state index in [0.717, 1.165) is 0 Å². The van der Waals surface area contributed by atoms with E-state index in [9.17, 15) is 19.2 Å². The van der Waals surface area contributed by atoms with Crippen LogP contribution >= 0.6 is 0 Å². The molecule has 0 spiro atoms. The molecule has 0 bridgehead atoms. The maximum Gasteiger partial charge on any atom is 0.0927 e. The van der Waals surface area contributed by atoms with Gasteiger partial charge >= 0.3 is 0 Å². The summed E-state index contributed by atoms with van der Waals surface area (Å²) in [5, 5.41) is 0. The van der Waals surface area contributed by atoms with Crippen molar-refractivity contribution in [3.8, 4) is 0 Å². The van der Waals surface area contributed by atoms with E-state index in [1.54, 1.807) is 0 Å². The Balaban J connectivity index is -0.000000180. The summed E-state index contributed by atoms with van der Waals surface area (Å²) in [6.45, 7) is 2.84. The predicted octanol–water partition coefficient (Wildman–Crippen LogP) is 0.735. The van der Waals surface area contributed by atoms with Crippen LogP contribution < -0.4 is 0 Å². The zero-order valence-corrected chi connectivity index (χ0v) is 11.8. The molecular formula is C10H14O4Y-2. The summed E-state index contributed by atoms with van der Waals surface area (Å²) in [6.07, 6.45) is 4.56. The predicted molar refractivity (Wildman–Crippen MR) is 51.3 cm³/mol. The van der Waals surface area contributed by atoms with E-state index in [1.165, 1.54) is 26.7 Å². The second-order valence-electron chi connectivity index (χ2n) is 2.43. The quantitative estimate of drug-likeness (QED) is 0.533. The van der Waals surface area contributed by atoms with Crippen molar-refractivity contribution in [1.82, 2.24) is 0 Å². The number of Topliss-reactive ketones (excluding diaryl/α,β-unsaturated/α-hetero) is 2. The number of hydrogen-bond donors (Lipinski definition) is 0. The fraction of sp³-hybridized carbons (Fsp3) is 0.400. The molecule has 0 rings (SSSR count). The molecule has 5 heteroatoms. The number of carbonyl (C=O) groups excluding carboxylic acids is 4. The van der Waals surface area contributed by atoms with Gasteiger partial charge < -0.3 is 32.0 Å². The van der Waals surface area contributed by atoms with Gasteiger partial charge in [-0.3, -0.25) is 0 Å². The molecule has 4 nitrogen and oxygen atoms in total. The van der Waals surface area contributed by atoms with Crippen molar-refractivity contribution in [1.29, 1.82) is 0 Å². The third kappa shape index (κ3) is 31.7. The van der Waals surface area contributed by atoms with Crippen LogP contribution in [0.25, 0.3) is 0 Å². The van der Waals surface area contributed by atoms with Crippen LogP contribution in [0.15, 0.2) is 0 Å². The van der Waals surface area contributed by atoms with Crippen molar-refractivity contribution in [2.24, 2.45) is 0 Å². The molecule has 0 atom stereocenters. The Labute approximate surface area is 115 Å². The molecule has 0 aromatic carbocycles. The smallest absolute Gasteiger partial charge is 0.0927 e. The third-order valence-corrected chi connectivity index (χ3v) is 1.00. The fourth-order valence-corrected chi connectivity index (χ4v) is 0.428. The van der Waals surface area contributed by atoms with Crippen LogP contribution in [0.1, 0.15) is 26.7 Å². The molecule has 83 valence electrons. The summed E-state index contributed by atoms with van der Waals surface area (Å²) in [5.74, 6) is -0.0980. The average molecular weight is 287 g/mol. The monoisotopic (exact) mass is 287 g/mol. The second kappa shape index (κ2) is 16.0. The van der Waals surface area contributed by atoms with Crippen molar-refractivity contribution in [2.45, 2.75) is 26.7 Å². The van der Waals surface area contributed by atoms with Crippen molar-refractivity contribution >= 4 is 24.1 Å². The van der Waals surface area contributed by atoms with Gasteiger partial charge in [0.25, 0.3) is 0 Å². The Morgan fingerprint density at radius 2 is 1.20 bits per heavy atom. The molecule has 0 aromatic rings. The first-order valence-electron chi connectivity index (χ1n) is 4.09. The molecule has 0 saturated heterocycles. The van der Waals surface area contributed by atoms with E-state index in [4.69, 9.17) is 0 Å². The molecule has 0 aliphatic heterocycles. The molecule has 0 N–H and O–H groups in total. The molecule has 0 amide bonds. The largest absolute Gasteiger partial charge is 0.335 e. The van der Waals surface area contributed by atoms with E-state index in [0.29, 0.717) is 12.6 Å². The summed E-state index contributed by atoms with van der Waals surface area (Å²) < 4.78 is 0. The van der Waals surface area contributed by atoms with E-state index in [-0.39, 0.29) is 57.1 Å². The first kappa shape index (κ1) is 20.0. The van der Waals surface area contributed by atoms with Gasteiger partial charge in [-0.1, -0.05) is 0 Å². The van der Waals surface area contributed by atoms with E-state index < -0.39 is 0 Å². The zero-order valence-electron chi connectivity index (χ0n) is 8.93. The van der Waals surface area contributed by atoms with Gasteiger partial charge in [-0.2, -0.15) is 0 Å². The maximum absolute atomic E-state index is 9.99. The van der Waals surface area contributed by atoms with Crippen LogP contribution in [0.2, 0.25) is 0 Å². The summed E-state index contributed by atoms with van der Waals surface area (Å²) >= 11 is 0. The van der Waals surface area contributed by atoms with Crippen LogP contribution in [0.3, 0.4) is 0 Å². The van der Waals surface area contributed by atoms with Gasteiger partial charge in [-0.15, -0.1) is 12.8 Å². The molecule has 0 saturated carbocycles. The normalized spacial score (nSPS) is 7.07. The van der Waals surface area contributed by atoms with Gasteiger partial charge in [0.15, 0.2) is 0 Å². The number of carbonyl (C=O) groups is 4. The van der Waals surface area contributed by atoms with E-state index in [2.05, 4.69) is 0 Å². The number of rotatable bonds is 6. The summed E-state index contributed by atoms with van der Waals surface area (Å²) in [5.41, 5.74) is 0. The SMILES string of the molecule is CC(=O)[CH-]CC=O.CC(=O)[CH-]CC=O.[Y]. The Morgan fingerprint density at radius 1 is 0.933 bits per heavy atom. The molecule has 0 fully saturated rings. The van der Waals surface area contributed by atoms with E-state index in [1.807, 2.05) is 0 Å². The summed E-state index contributed by atoms with van der Waals surface area (Å²) in [6, 6.07) is 0. The average Bonchev–Trinajstić information content (AvgIpc) is 2.12. The molecule has 1 radical (unpaired) electrons. The van der Waals surface area contributed by atoms with Gasteiger partial charge in [-0.25, -0.2) is 0 Å². The molecule has 0 aliphatic carbocycles. The van der Waals surface area contributed by atoms with Crippen LogP contribution in [0, 0.1) is 12.8 Å². The maximum atomic E-state index is 9.99. The van der Waals surface area contributed by atoms with Crippen molar-refractivity contribution in [3.05, 3.63) is 12.8 Å². The first-order chi connectivity index (χ1) is 6.54. The third-order valence-electron chi connectivity index (χ3n) is 1.00. The number of ketones is 2. The van der Waals surface area contributed by atoms with Gasteiger partial charge in [0.1, 0.15) is 0 Å². The van der Waals surface area contributed by atoms with Crippen molar-refractivity contribution in [3.63, 3.8) is 0 Å². The van der Waals surface area contributed by atoms with Crippen molar-refractivity contribution < 1.29 is 51.9 Å². The van der Waals surface area contributed by atoms with Gasteiger partial charge in [0.2, 0.25) is 0 Å². The summed E-state index contributed by atoms with van der Waals surface area (Å²) in [7, 11) is 0. The van der Waals surface area contributed by atoms with Gasteiger partial charge in [0, 0.05) is 32.7 Å². The van der Waals surface area contributed by atoms with Crippen LogP contribution in [-0.4, -0.2) is 24.1 Å². The Bertz CT molecular complexity index is 180. The molecule has 15 heavy (non-hydrogen) atoms. The zero-order chi connectivity index (χ0) is 11.4. The molecule has 0 aromatic heterocycles. The van der Waals surface area contributed by atoms with Gasteiger partial charge in [0.05, 0.1) is 12.6 Å². The van der Waals surface area contributed by atoms with Crippen LogP contribution in [0.4, 0.5) is 0 Å². The fourth-order valence-electron chi connectivity index (χ4n) is 0.428. The van der Waals surface area contributed by atoms with Crippen molar-refractivity contribution in [2.75, 3.05) is 0 Å². The number of aldehydes is 2. The minimum Gasteiger partial charge on any atom is -0.335 e. The minimum absolute atomic E-state index is 0. The molecular weight excluding hydrogens is 273 g/mol.